The van der Waals surface area contributed by atoms with Crippen LogP contribution in [0.25, 0.3) is 0 Å². The predicted octanol–water partition coefficient (Wildman–Crippen LogP) is 0.860. The number of amides is 1. The molecule has 1 unspecified atom stereocenters. The van der Waals surface area contributed by atoms with E-state index in [1.165, 1.54) is 0 Å². The van der Waals surface area contributed by atoms with E-state index < -0.39 is 17.4 Å². The maximum absolute atomic E-state index is 11.4. The number of carbonyl (C=O) groups is 2. The van der Waals surface area contributed by atoms with Gasteiger partial charge in [-0.15, -0.1) is 0 Å². The molecule has 0 heterocycles. The Balaban J connectivity index is 2.85. The Bertz CT molecular complexity index is 290. The quantitative estimate of drug-likeness (QED) is 0.657. The van der Waals surface area contributed by atoms with Gasteiger partial charge in [0.15, 0.2) is 0 Å². The molecule has 17 heavy (non-hydrogen) atoms. The van der Waals surface area contributed by atoms with Crippen LogP contribution >= 0.6 is 15.9 Å². The van der Waals surface area contributed by atoms with Crippen LogP contribution in [0, 0.1) is 5.41 Å². The fourth-order valence-corrected chi connectivity index (χ4v) is 2.70. The third-order valence-electron chi connectivity index (χ3n) is 3.54. The predicted molar refractivity (Wildman–Crippen MR) is 67.9 cm³/mol. The van der Waals surface area contributed by atoms with Gasteiger partial charge in [-0.1, -0.05) is 35.2 Å². The third kappa shape index (κ3) is 3.42. The van der Waals surface area contributed by atoms with Crippen LogP contribution in [0.15, 0.2) is 0 Å². The first-order valence-corrected chi connectivity index (χ1v) is 6.96. The first kappa shape index (κ1) is 14.4. The SMILES string of the molecule is NCC1(C(NC(=O)CBr)C(=O)O)CCCCC1. The van der Waals surface area contributed by atoms with Gasteiger partial charge < -0.3 is 16.2 Å². The highest BCUT2D eigenvalue weighted by Crippen LogP contribution is 2.38. The van der Waals surface area contributed by atoms with Gasteiger partial charge in [-0.2, -0.15) is 0 Å². The molecular weight excluding hydrogens is 288 g/mol. The highest BCUT2D eigenvalue weighted by molar-refractivity contribution is 9.09. The minimum atomic E-state index is -0.994. The molecule has 0 saturated heterocycles. The van der Waals surface area contributed by atoms with Crippen molar-refractivity contribution >= 4 is 27.8 Å². The molecule has 4 N–H and O–H groups in total. The van der Waals surface area contributed by atoms with Gasteiger partial charge in [0.2, 0.25) is 5.91 Å². The lowest BCUT2D eigenvalue weighted by molar-refractivity contribution is -0.146. The van der Waals surface area contributed by atoms with Crippen molar-refractivity contribution in [2.75, 3.05) is 11.9 Å². The summed E-state index contributed by atoms with van der Waals surface area (Å²) in [6.45, 7) is 0.298. The van der Waals surface area contributed by atoms with Crippen LogP contribution in [0.4, 0.5) is 0 Å². The lowest BCUT2D eigenvalue weighted by Crippen LogP contribution is -2.56. The molecule has 0 spiro atoms. The van der Waals surface area contributed by atoms with Gasteiger partial charge in [0, 0.05) is 12.0 Å². The number of nitrogens with two attached hydrogens (primary N) is 1. The second kappa shape index (κ2) is 6.35. The first-order chi connectivity index (χ1) is 8.05. The number of hydrogen-bond donors (Lipinski definition) is 3. The molecule has 6 heteroatoms. The van der Waals surface area contributed by atoms with Crippen LogP contribution in [-0.2, 0) is 9.59 Å². The summed E-state index contributed by atoms with van der Waals surface area (Å²) in [6, 6.07) is -0.877. The summed E-state index contributed by atoms with van der Waals surface area (Å²) >= 11 is 3.02. The number of nitrogens with one attached hydrogen (secondary N) is 1. The minimum Gasteiger partial charge on any atom is -0.480 e. The second-order valence-corrected chi connectivity index (χ2v) is 5.16. The van der Waals surface area contributed by atoms with Gasteiger partial charge >= 0.3 is 5.97 Å². The average molecular weight is 307 g/mol. The van der Waals surface area contributed by atoms with Gasteiger partial charge in [0.25, 0.3) is 0 Å². The van der Waals surface area contributed by atoms with Gasteiger partial charge in [0.1, 0.15) is 6.04 Å². The van der Waals surface area contributed by atoms with Crippen LogP contribution in [0.1, 0.15) is 32.1 Å². The van der Waals surface area contributed by atoms with Crippen molar-refractivity contribution in [2.45, 2.75) is 38.1 Å². The summed E-state index contributed by atoms with van der Waals surface area (Å²) in [5, 5.41) is 12.0. The van der Waals surface area contributed by atoms with Gasteiger partial charge in [-0.3, -0.25) is 4.79 Å². The Hall–Kier alpha value is -0.620. The van der Waals surface area contributed by atoms with Crippen molar-refractivity contribution < 1.29 is 14.7 Å². The minimum absolute atomic E-state index is 0.109. The second-order valence-electron chi connectivity index (χ2n) is 4.60. The molecular formula is C11H19BrN2O3. The normalized spacial score (nSPS) is 20.6. The molecule has 98 valence electrons. The summed E-state index contributed by atoms with van der Waals surface area (Å²) < 4.78 is 0. The van der Waals surface area contributed by atoms with Crippen molar-refractivity contribution in [2.24, 2.45) is 11.1 Å². The third-order valence-corrected chi connectivity index (χ3v) is 4.05. The molecule has 0 radical (unpaired) electrons. The topological polar surface area (TPSA) is 92.4 Å². The van der Waals surface area contributed by atoms with Crippen LogP contribution in [0.5, 0.6) is 0 Å². The molecule has 1 rings (SSSR count). The molecule has 0 aliphatic heterocycles. The van der Waals surface area contributed by atoms with E-state index in [0.29, 0.717) is 6.54 Å². The van der Waals surface area contributed by atoms with E-state index in [9.17, 15) is 14.7 Å². The van der Waals surface area contributed by atoms with Crippen molar-refractivity contribution in [3.05, 3.63) is 0 Å². The monoisotopic (exact) mass is 306 g/mol. The van der Waals surface area contributed by atoms with Crippen molar-refractivity contribution in [3.8, 4) is 0 Å². The molecule has 0 aromatic heterocycles. The molecule has 1 aliphatic carbocycles. The van der Waals surface area contributed by atoms with E-state index in [2.05, 4.69) is 21.2 Å². The maximum atomic E-state index is 11.4. The number of hydrogen-bond acceptors (Lipinski definition) is 3. The summed E-state index contributed by atoms with van der Waals surface area (Å²) in [4.78, 5) is 22.7. The summed E-state index contributed by atoms with van der Waals surface area (Å²) in [5.41, 5.74) is 5.28. The van der Waals surface area contributed by atoms with Crippen LogP contribution in [0.2, 0.25) is 0 Å². The van der Waals surface area contributed by atoms with Crippen LogP contribution in [-0.4, -0.2) is 34.9 Å². The highest BCUT2D eigenvalue weighted by Gasteiger charge is 2.43. The van der Waals surface area contributed by atoms with Crippen LogP contribution < -0.4 is 11.1 Å². The van der Waals surface area contributed by atoms with E-state index >= 15 is 0 Å². The van der Waals surface area contributed by atoms with E-state index in [-0.39, 0.29) is 11.2 Å². The first-order valence-electron chi connectivity index (χ1n) is 5.84. The summed E-state index contributed by atoms with van der Waals surface area (Å²) in [5.74, 6) is -1.30. The molecule has 0 bridgehead atoms. The summed E-state index contributed by atoms with van der Waals surface area (Å²) in [7, 11) is 0. The number of carboxylic acid groups (broad SMARTS) is 1. The number of alkyl halides is 1. The van der Waals surface area contributed by atoms with Gasteiger partial charge in [0.05, 0.1) is 5.33 Å². The van der Waals surface area contributed by atoms with Crippen molar-refractivity contribution in [1.29, 1.82) is 0 Å². The fraction of sp³-hybridized carbons (Fsp3) is 0.818. The number of aliphatic carboxylic acids is 1. The van der Waals surface area contributed by atoms with Gasteiger partial charge in [-0.05, 0) is 12.8 Å². The van der Waals surface area contributed by atoms with E-state index in [4.69, 9.17) is 5.73 Å². The lowest BCUT2D eigenvalue weighted by atomic mass is 9.69. The molecule has 1 aliphatic rings. The van der Waals surface area contributed by atoms with Gasteiger partial charge in [-0.25, -0.2) is 4.79 Å². The highest BCUT2D eigenvalue weighted by atomic mass is 79.9. The Kier molecular flexibility index (Phi) is 5.39. The standard InChI is InChI=1S/C11H19BrN2O3/c12-6-8(15)14-9(10(16)17)11(7-13)4-2-1-3-5-11/h9H,1-7,13H2,(H,14,15)(H,16,17). The summed E-state index contributed by atoms with van der Waals surface area (Å²) in [6.07, 6.45) is 4.60. The van der Waals surface area contributed by atoms with E-state index in [1.807, 2.05) is 0 Å². The Labute approximate surface area is 109 Å². The largest absolute Gasteiger partial charge is 0.480 e. The van der Waals surface area contributed by atoms with Crippen molar-refractivity contribution in [1.82, 2.24) is 5.32 Å². The Morgan fingerprint density at radius 1 is 1.35 bits per heavy atom. The Morgan fingerprint density at radius 3 is 2.35 bits per heavy atom. The molecule has 1 fully saturated rings. The zero-order valence-corrected chi connectivity index (χ0v) is 11.3. The van der Waals surface area contributed by atoms with Crippen LogP contribution in [0.3, 0.4) is 0 Å². The zero-order valence-electron chi connectivity index (χ0n) is 9.75. The number of rotatable bonds is 5. The molecule has 1 atom stereocenters. The Morgan fingerprint density at radius 2 is 1.94 bits per heavy atom. The number of carboxylic acids is 1. The lowest BCUT2D eigenvalue weighted by Gasteiger charge is -2.40. The molecule has 0 aromatic carbocycles. The van der Waals surface area contributed by atoms with Crippen molar-refractivity contribution in [3.63, 3.8) is 0 Å². The maximum Gasteiger partial charge on any atom is 0.326 e. The smallest absolute Gasteiger partial charge is 0.326 e. The molecule has 1 amide bonds. The number of carbonyl (C=O) groups excluding carboxylic acids is 1. The molecule has 5 nitrogen and oxygen atoms in total. The van der Waals surface area contributed by atoms with E-state index in [1.54, 1.807) is 0 Å². The number of halogens is 1. The fourth-order valence-electron chi connectivity index (χ4n) is 2.54. The molecule has 0 aromatic rings. The zero-order chi connectivity index (χ0) is 12.9. The average Bonchev–Trinajstić information content (AvgIpc) is 2.36. The van der Waals surface area contributed by atoms with E-state index in [0.717, 1.165) is 32.1 Å². The molecule has 1 saturated carbocycles.